The maximum Gasteiger partial charge on any atom is 0.122 e. The van der Waals surface area contributed by atoms with Crippen molar-refractivity contribution in [2.45, 2.75) is 24.9 Å². The first-order chi connectivity index (χ1) is 7.73. The summed E-state index contributed by atoms with van der Waals surface area (Å²) in [5.74, 6) is 2.89. The monoisotopic (exact) mass is 238 g/mol. The highest BCUT2D eigenvalue weighted by atomic mass is 32.2. The summed E-state index contributed by atoms with van der Waals surface area (Å²) in [5.41, 5.74) is 0.562. The van der Waals surface area contributed by atoms with E-state index >= 15 is 0 Å². The highest BCUT2D eigenvalue weighted by molar-refractivity contribution is 7.99. The van der Waals surface area contributed by atoms with Crippen molar-refractivity contribution in [2.75, 3.05) is 18.6 Å². The summed E-state index contributed by atoms with van der Waals surface area (Å²) < 4.78 is 5.31. The SMILES string of the molecule is COc1ccccc1CC1(O)CCCSC1. The zero-order chi connectivity index (χ0) is 11.4. The van der Waals surface area contributed by atoms with E-state index in [-0.39, 0.29) is 0 Å². The van der Waals surface area contributed by atoms with Gasteiger partial charge >= 0.3 is 0 Å². The zero-order valence-electron chi connectivity index (χ0n) is 9.61. The Kier molecular flexibility index (Phi) is 3.77. The van der Waals surface area contributed by atoms with Crippen molar-refractivity contribution >= 4 is 11.8 Å². The lowest BCUT2D eigenvalue weighted by Gasteiger charge is -2.32. The molecule has 0 bridgehead atoms. The molecule has 1 aromatic rings. The van der Waals surface area contributed by atoms with Crippen LogP contribution in [0.1, 0.15) is 18.4 Å². The molecule has 88 valence electrons. The van der Waals surface area contributed by atoms with Crippen molar-refractivity contribution in [1.29, 1.82) is 0 Å². The zero-order valence-corrected chi connectivity index (χ0v) is 10.4. The van der Waals surface area contributed by atoms with Gasteiger partial charge in [0.1, 0.15) is 5.75 Å². The number of methoxy groups -OCH3 is 1. The Hall–Kier alpha value is -0.670. The molecule has 1 heterocycles. The number of ether oxygens (including phenoxy) is 1. The maximum atomic E-state index is 10.5. The summed E-state index contributed by atoms with van der Waals surface area (Å²) in [6, 6.07) is 7.95. The minimum atomic E-state index is -0.544. The third-order valence-electron chi connectivity index (χ3n) is 3.01. The Labute approximate surface area is 101 Å². The molecule has 2 rings (SSSR count). The third-order valence-corrected chi connectivity index (χ3v) is 4.33. The van der Waals surface area contributed by atoms with Crippen LogP contribution in [0.5, 0.6) is 5.75 Å². The van der Waals surface area contributed by atoms with Gasteiger partial charge in [0.25, 0.3) is 0 Å². The van der Waals surface area contributed by atoms with Crippen LogP contribution < -0.4 is 4.74 Å². The first-order valence-corrected chi connectivity index (χ1v) is 6.81. The Bertz CT molecular complexity index is 346. The highest BCUT2D eigenvalue weighted by Crippen LogP contribution is 2.32. The second-order valence-corrected chi connectivity index (χ2v) is 5.47. The Morgan fingerprint density at radius 2 is 2.25 bits per heavy atom. The normalized spacial score (nSPS) is 25.4. The summed E-state index contributed by atoms with van der Waals surface area (Å²) in [5, 5.41) is 10.5. The van der Waals surface area contributed by atoms with Crippen LogP contribution in [0, 0.1) is 0 Å². The molecule has 16 heavy (non-hydrogen) atoms. The number of aliphatic hydroxyl groups is 1. The summed E-state index contributed by atoms with van der Waals surface area (Å²) >= 11 is 1.84. The molecule has 1 N–H and O–H groups in total. The largest absolute Gasteiger partial charge is 0.496 e. The first kappa shape index (κ1) is 11.8. The standard InChI is InChI=1S/C13H18O2S/c1-15-12-6-3-2-5-11(12)9-13(14)7-4-8-16-10-13/h2-3,5-6,14H,4,7-10H2,1H3. The van der Waals surface area contributed by atoms with Crippen molar-refractivity contribution in [1.82, 2.24) is 0 Å². The van der Waals surface area contributed by atoms with Gasteiger partial charge in [0.05, 0.1) is 12.7 Å². The molecule has 0 spiro atoms. The van der Waals surface area contributed by atoms with Gasteiger partial charge in [-0.15, -0.1) is 0 Å². The van der Waals surface area contributed by atoms with E-state index in [0.29, 0.717) is 6.42 Å². The van der Waals surface area contributed by atoms with Gasteiger partial charge in [0.15, 0.2) is 0 Å². The maximum absolute atomic E-state index is 10.5. The summed E-state index contributed by atoms with van der Waals surface area (Å²) in [6.07, 6.45) is 2.71. The molecular formula is C13H18O2S. The van der Waals surface area contributed by atoms with Gasteiger partial charge in [-0.2, -0.15) is 11.8 Å². The van der Waals surface area contributed by atoms with Crippen molar-refractivity contribution in [2.24, 2.45) is 0 Å². The predicted octanol–water partition coefficient (Wildman–Crippen LogP) is 2.50. The minimum absolute atomic E-state index is 0.544. The van der Waals surface area contributed by atoms with Crippen LogP contribution in [0.2, 0.25) is 0 Å². The second-order valence-electron chi connectivity index (χ2n) is 4.37. The number of hydrogen-bond donors (Lipinski definition) is 1. The topological polar surface area (TPSA) is 29.5 Å². The third kappa shape index (κ3) is 2.71. The van der Waals surface area contributed by atoms with E-state index in [0.717, 1.165) is 29.9 Å². The second kappa shape index (κ2) is 5.11. The number of benzene rings is 1. The summed E-state index contributed by atoms with van der Waals surface area (Å²) in [7, 11) is 1.68. The van der Waals surface area contributed by atoms with Crippen molar-refractivity contribution in [3.05, 3.63) is 29.8 Å². The molecule has 0 amide bonds. The lowest BCUT2D eigenvalue weighted by atomic mass is 9.91. The fraction of sp³-hybridized carbons (Fsp3) is 0.538. The van der Waals surface area contributed by atoms with Crippen LogP contribution in [0.4, 0.5) is 0 Å². The van der Waals surface area contributed by atoms with Crippen molar-refractivity contribution < 1.29 is 9.84 Å². The molecule has 0 radical (unpaired) electrons. The molecule has 1 fully saturated rings. The van der Waals surface area contributed by atoms with Crippen LogP contribution in [0.15, 0.2) is 24.3 Å². The van der Waals surface area contributed by atoms with Gasteiger partial charge < -0.3 is 9.84 Å². The predicted molar refractivity (Wildman–Crippen MR) is 68.2 cm³/mol. The lowest BCUT2D eigenvalue weighted by molar-refractivity contribution is 0.0524. The number of para-hydroxylation sites is 1. The van der Waals surface area contributed by atoms with Crippen LogP contribution in [0.25, 0.3) is 0 Å². The van der Waals surface area contributed by atoms with E-state index in [4.69, 9.17) is 4.74 Å². The molecule has 0 saturated carbocycles. The van der Waals surface area contributed by atoms with Gasteiger partial charge in [-0.1, -0.05) is 18.2 Å². The van der Waals surface area contributed by atoms with Gasteiger partial charge in [-0.05, 0) is 30.2 Å². The van der Waals surface area contributed by atoms with Gasteiger partial charge in [-0.25, -0.2) is 0 Å². The molecule has 1 aliphatic rings. The molecule has 0 aromatic heterocycles. The van der Waals surface area contributed by atoms with E-state index in [2.05, 4.69) is 0 Å². The molecule has 1 aromatic carbocycles. The molecule has 1 saturated heterocycles. The minimum Gasteiger partial charge on any atom is -0.496 e. The molecule has 1 atom stereocenters. The molecule has 2 nitrogen and oxygen atoms in total. The summed E-state index contributed by atoms with van der Waals surface area (Å²) in [6.45, 7) is 0. The number of hydrogen-bond acceptors (Lipinski definition) is 3. The van der Waals surface area contributed by atoms with Crippen molar-refractivity contribution in [3.63, 3.8) is 0 Å². The molecule has 1 unspecified atom stereocenters. The Balaban J connectivity index is 2.12. The van der Waals surface area contributed by atoms with Crippen LogP contribution >= 0.6 is 11.8 Å². The number of thioether (sulfide) groups is 1. The van der Waals surface area contributed by atoms with Crippen LogP contribution in [0.3, 0.4) is 0 Å². The molecular weight excluding hydrogens is 220 g/mol. The average Bonchev–Trinajstić information content (AvgIpc) is 2.30. The summed E-state index contributed by atoms with van der Waals surface area (Å²) in [4.78, 5) is 0. The van der Waals surface area contributed by atoms with E-state index in [9.17, 15) is 5.11 Å². The van der Waals surface area contributed by atoms with E-state index in [1.807, 2.05) is 36.0 Å². The smallest absolute Gasteiger partial charge is 0.122 e. The van der Waals surface area contributed by atoms with Gasteiger partial charge in [-0.3, -0.25) is 0 Å². The molecule has 1 aliphatic heterocycles. The first-order valence-electron chi connectivity index (χ1n) is 5.65. The van der Waals surface area contributed by atoms with Crippen LogP contribution in [-0.2, 0) is 6.42 Å². The van der Waals surface area contributed by atoms with Gasteiger partial charge in [0, 0.05) is 12.2 Å². The quantitative estimate of drug-likeness (QED) is 0.877. The highest BCUT2D eigenvalue weighted by Gasteiger charge is 2.30. The molecule has 3 heteroatoms. The molecule has 0 aliphatic carbocycles. The van der Waals surface area contributed by atoms with Crippen molar-refractivity contribution in [3.8, 4) is 5.75 Å². The fourth-order valence-electron chi connectivity index (χ4n) is 2.18. The Morgan fingerprint density at radius 3 is 2.94 bits per heavy atom. The lowest BCUT2D eigenvalue weighted by Crippen LogP contribution is -2.37. The van der Waals surface area contributed by atoms with Gasteiger partial charge in [0.2, 0.25) is 0 Å². The van der Waals surface area contributed by atoms with E-state index < -0.39 is 5.60 Å². The Morgan fingerprint density at radius 1 is 1.44 bits per heavy atom. The number of rotatable bonds is 3. The van der Waals surface area contributed by atoms with E-state index in [1.165, 1.54) is 5.75 Å². The average molecular weight is 238 g/mol. The fourth-order valence-corrected chi connectivity index (χ4v) is 3.30. The van der Waals surface area contributed by atoms with E-state index in [1.54, 1.807) is 7.11 Å². The van der Waals surface area contributed by atoms with Crippen LogP contribution in [-0.4, -0.2) is 29.3 Å².